The van der Waals surface area contributed by atoms with E-state index in [-0.39, 0.29) is 29.4 Å². The molecule has 1 aromatic carbocycles. The van der Waals surface area contributed by atoms with E-state index in [1.165, 1.54) is 5.56 Å². The van der Waals surface area contributed by atoms with Crippen molar-refractivity contribution in [3.05, 3.63) is 34.9 Å². The molecule has 0 aromatic heterocycles. The summed E-state index contributed by atoms with van der Waals surface area (Å²) in [5, 5.41) is 7.68. The number of rotatable bonds is 8. The molecule has 3 rings (SSSR count). The highest BCUT2D eigenvalue weighted by Crippen LogP contribution is 2.36. The summed E-state index contributed by atoms with van der Waals surface area (Å²) in [6.45, 7) is 11.0. The first-order valence-electron chi connectivity index (χ1n) is 10.9. The van der Waals surface area contributed by atoms with Crippen LogP contribution in [0.15, 0.2) is 29.3 Å². The molecular weight excluding hydrogens is 515 g/mol. The van der Waals surface area contributed by atoms with Crippen LogP contribution in [0.2, 0.25) is 5.02 Å². The van der Waals surface area contributed by atoms with E-state index in [1.807, 2.05) is 12.1 Å². The van der Waals surface area contributed by atoms with Crippen LogP contribution in [0.3, 0.4) is 0 Å². The van der Waals surface area contributed by atoms with Crippen molar-refractivity contribution in [1.29, 1.82) is 0 Å². The average Bonchev–Trinajstić information content (AvgIpc) is 2.76. The highest BCUT2D eigenvalue weighted by atomic mass is 127. The van der Waals surface area contributed by atoms with Gasteiger partial charge in [0, 0.05) is 49.8 Å². The van der Waals surface area contributed by atoms with E-state index < -0.39 is 0 Å². The van der Waals surface area contributed by atoms with Gasteiger partial charge in [0.1, 0.15) is 0 Å². The molecule has 2 saturated heterocycles. The highest BCUT2D eigenvalue weighted by molar-refractivity contribution is 14.0. The number of nitrogens with one attached hydrogen (secondary N) is 2. The van der Waals surface area contributed by atoms with Crippen LogP contribution in [-0.2, 0) is 14.9 Å². The van der Waals surface area contributed by atoms with Gasteiger partial charge < -0.3 is 20.1 Å². The summed E-state index contributed by atoms with van der Waals surface area (Å²) < 4.78 is 11.1. The standard InChI is InChI=1S/C22H35ClN4O2.HI/c1-2-24-21(25-9-4-10-27-11-15-29-16-12-27)26-18-22(7-13-28-14-8-22)19-5-3-6-20(23)17-19;/h3,5-6,17H,2,4,7-16,18H2,1H3,(H2,24,25,26);1H. The lowest BCUT2D eigenvalue weighted by Crippen LogP contribution is -2.42. The SMILES string of the molecule is CCNC(=NCC1(c2cccc(Cl)c2)CCOCC1)NCCCN1CCOCC1.I. The van der Waals surface area contributed by atoms with Crippen molar-refractivity contribution in [2.24, 2.45) is 4.99 Å². The van der Waals surface area contributed by atoms with Gasteiger partial charge in [-0.3, -0.25) is 9.89 Å². The fourth-order valence-corrected chi connectivity index (χ4v) is 4.22. The van der Waals surface area contributed by atoms with E-state index in [0.29, 0.717) is 0 Å². The van der Waals surface area contributed by atoms with Crippen LogP contribution in [-0.4, -0.2) is 76.6 Å². The number of halogens is 2. The van der Waals surface area contributed by atoms with Gasteiger partial charge in [-0.2, -0.15) is 0 Å². The first kappa shape index (κ1) is 25.6. The monoisotopic (exact) mass is 550 g/mol. The van der Waals surface area contributed by atoms with Crippen molar-refractivity contribution >= 4 is 41.5 Å². The molecule has 30 heavy (non-hydrogen) atoms. The minimum absolute atomic E-state index is 0. The first-order valence-corrected chi connectivity index (χ1v) is 11.3. The molecule has 2 aliphatic heterocycles. The summed E-state index contributed by atoms with van der Waals surface area (Å²) in [6.07, 6.45) is 3.03. The number of hydrogen-bond acceptors (Lipinski definition) is 4. The predicted octanol–water partition coefficient (Wildman–Crippen LogP) is 3.28. The number of benzene rings is 1. The Morgan fingerprint density at radius 3 is 2.57 bits per heavy atom. The Morgan fingerprint density at radius 2 is 1.87 bits per heavy atom. The molecule has 0 atom stereocenters. The van der Waals surface area contributed by atoms with Crippen molar-refractivity contribution < 1.29 is 9.47 Å². The highest BCUT2D eigenvalue weighted by Gasteiger charge is 2.34. The fraction of sp³-hybridized carbons (Fsp3) is 0.682. The van der Waals surface area contributed by atoms with Crippen molar-refractivity contribution in [3.63, 3.8) is 0 Å². The second-order valence-corrected chi connectivity index (χ2v) is 8.27. The number of nitrogens with zero attached hydrogens (tertiary/aromatic N) is 2. The Hall–Kier alpha value is -0.610. The van der Waals surface area contributed by atoms with Crippen LogP contribution in [0, 0.1) is 0 Å². The number of aliphatic imine (C=N–C) groups is 1. The molecule has 2 N–H and O–H groups in total. The van der Waals surface area contributed by atoms with Crippen molar-refractivity contribution in [2.75, 3.05) is 65.7 Å². The number of hydrogen-bond donors (Lipinski definition) is 2. The maximum absolute atomic E-state index is 6.28. The van der Waals surface area contributed by atoms with Crippen LogP contribution in [0.1, 0.15) is 31.7 Å². The van der Waals surface area contributed by atoms with Crippen LogP contribution in [0.4, 0.5) is 0 Å². The molecule has 0 radical (unpaired) electrons. The van der Waals surface area contributed by atoms with Gasteiger partial charge in [0.2, 0.25) is 0 Å². The van der Waals surface area contributed by atoms with Crippen molar-refractivity contribution in [2.45, 2.75) is 31.6 Å². The van der Waals surface area contributed by atoms with Crippen LogP contribution < -0.4 is 10.6 Å². The molecule has 0 spiro atoms. The van der Waals surface area contributed by atoms with Gasteiger partial charge in [0.05, 0.1) is 19.8 Å². The Bertz CT molecular complexity index is 650. The maximum Gasteiger partial charge on any atom is 0.191 e. The number of morpholine rings is 1. The summed E-state index contributed by atoms with van der Waals surface area (Å²) in [7, 11) is 0. The van der Waals surface area contributed by atoms with Gasteiger partial charge in [-0.05, 0) is 50.4 Å². The first-order chi connectivity index (χ1) is 14.2. The lowest BCUT2D eigenvalue weighted by atomic mass is 9.74. The summed E-state index contributed by atoms with van der Waals surface area (Å²) in [5.74, 6) is 0.891. The predicted molar refractivity (Wildman–Crippen MR) is 134 cm³/mol. The third-order valence-corrected chi connectivity index (χ3v) is 6.05. The molecule has 2 aliphatic rings. The van der Waals surface area contributed by atoms with Gasteiger partial charge in [-0.25, -0.2) is 0 Å². The smallest absolute Gasteiger partial charge is 0.191 e. The van der Waals surface area contributed by atoms with Gasteiger partial charge in [-0.1, -0.05) is 23.7 Å². The summed E-state index contributed by atoms with van der Waals surface area (Å²) >= 11 is 6.28. The molecule has 1 aromatic rings. The number of ether oxygens (including phenoxy) is 2. The van der Waals surface area contributed by atoms with Gasteiger partial charge in [0.25, 0.3) is 0 Å². The molecule has 0 unspecified atom stereocenters. The number of guanidine groups is 1. The molecule has 2 fully saturated rings. The lowest BCUT2D eigenvalue weighted by molar-refractivity contribution is 0.0376. The molecule has 0 aliphatic carbocycles. The zero-order valence-corrected chi connectivity index (χ0v) is 21.1. The van der Waals surface area contributed by atoms with E-state index >= 15 is 0 Å². The zero-order chi connectivity index (χ0) is 20.4. The third-order valence-electron chi connectivity index (χ3n) is 5.82. The Balaban J connectivity index is 0.00000320. The van der Waals surface area contributed by atoms with Crippen LogP contribution >= 0.6 is 35.6 Å². The molecule has 6 nitrogen and oxygen atoms in total. The molecule has 0 bridgehead atoms. The Morgan fingerprint density at radius 1 is 1.13 bits per heavy atom. The average molecular weight is 551 g/mol. The van der Waals surface area contributed by atoms with Gasteiger partial charge >= 0.3 is 0 Å². The summed E-state index contributed by atoms with van der Waals surface area (Å²) in [6, 6.07) is 8.23. The van der Waals surface area contributed by atoms with Gasteiger partial charge in [-0.15, -0.1) is 24.0 Å². The van der Waals surface area contributed by atoms with E-state index in [0.717, 1.165) is 95.9 Å². The normalized spacial score (nSPS) is 19.7. The minimum Gasteiger partial charge on any atom is -0.381 e. The topological polar surface area (TPSA) is 58.1 Å². The summed E-state index contributed by atoms with van der Waals surface area (Å²) in [5.41, 5.74) is 1.25. The van der Waals surface area contributed by atoms with E-state index in [9.17, 15) is 0 Å². The molecule has 8 heteroatoms. The largest absolute Gasteiger partial charge is 0.381 e. The van der Waals surface area contributed by atoms with Crippen LogP contribution in [0.5, 0.6) is 0 Å². The lowest BCUT2D eigenvalue weighted by Gasteiger charge is -2.36. The molecular formula is C22H36ClIN4O2. The second kappa shape index (κ2) is 13.7. The maximum atomic E-state index is 6.28. The molecule has 170 valence electrons. The Labute approximate surface area is 203 Å². The zero-order valence-electron chi connectivity index (χ0n) is 18.0. The third kappa shape index (κ3) is 7.82. The molecule has 2 heterocycles. The van der Waals surface area contributed by atoms with Crippen molar-refractivity contribution in [3.8, 4) is 0 Å². The van der Waals surface area contributed by atoms with E-state index in [2.05, 4.69) is 34.6 Å². The molecule has 0 saturated carbocycles. The van der Waals surface area contributed by atoms with E-state index in [1.54, 1.807) is 0 Å². The second-order valence-electron chi connectivity index (χ2n) is 7.83. The van der Waals surface area contributed by atoms with Gasteiger partial charge in [0.15, 0.2) is 5.96 Å². The Kier molecular flexibility index (Phi) is 11.7. The molecule has 0 amide bonds. The summed E-state index contributed by atoms with van der Waals surface area (Å²) in [4.78, 5) is 7.43. The van der Waals surface area contributed by atoms with E-state index in [4.69, 9.17) is 26.1 Å². The van der Waals surface area contributed by atoms with Crippen molar-refractivity contribution in [1.82, 2.24) is 15.5 Å². The quantitative estimate of drug-likeness (QED) is 0.225. The fourth-order valence-electron chi connectivity index (χ4n) is 4.02. The van der Waals surface area contributed by atoms with Crippen LogP contribution in [0.25, 0.3) is 0 Å². The minimum atomic E-state index is -0.0146.